The Bertz CT molecular complexity index is 936. The van der Waals surface area contributed by atoms with E-state index in [1.54, 1.807) is 0 Å². The molecule has 1 amide bonds. The van der Waals surface area contributed by atoms with Crippen molar-refractivity contribution in [2.24, 2.45) is 0 Å². The molecule has 0 saturated heterocycles. The second kappa shape index (κ2) is 6.18. The molecule has 24 heavy (non-hydrogen) atoms. The number of nitrogens with one attached hydrogen (secondary N) is 1. The van der Waals surface area contributed by atoms with E-state index in [9.17, 15) is 28.2 Å². The van der Waals surface area contributed by atoms with E-state index in [0.29, 0.717) is 6.07 Å². The lowest BCUT2D eigenvalue weighted by atomic mass is 10.1. The number of anilines is 1. The average Bonchev–Trinajstić information content (AvgIpc) is 2.48. The highest BCUT2D eigenvalue weighted by Crippen LogP contribution is 2.32. The van der Waals surface area contributed by atoms with Crippen molar-refractivity contribution < 1.29 is 37.9 Å². The van der Waals surface area contributed by atoms with Crippen molar-refractivity contribution in [1.29, 1.82) is 0 Å². The fourth-order valence-corrected chi connectivity index (χ4v) is 2.56. The number of aromatic carboxylic acids is 1. The van der Waals surface area contributed by atoms with Crippen LogP contribution >= 0.6 is 0 Å². The third-order valence-electron chi connectivity index (χ3n) is 2.99. The molecule has 10 heteroatoms. The highest BCUT2D eigenvalue weighted by Gasteiger charge is 2.24. The molecule has 0 aromatic heterocycles. The largest absolute Gasteiger partial charge is 0.508 e. The zero-order valence-electron chi connectivity index (χ0n) is 11.8. The maximum absolute atomic E-state index is 12.2. The molecule has 0 aliphatic heterocycles. The van der Waals surface area contributed by atoms with Gasteiger partial charge >= 0.3 is 5.97 Å². The normalized spacial score (nSPS) is 11.0. The Morgan fingerprint density at radius 1 is 1.00 bits per heavy atom. The van der Waals surface area contributed by atoms with Gasteiger partial charge in [-0.2, -0.15) is 8.42 Å². The molecule has 0 atom stereocenters. The number of amides is 1. The summed E-state index contributed by atoms with van der Waals surface area (Å²) in [4.78, 5) is 22.2. The summed E-state index contributed by atoms with van der Waals surface area (Å²) in [5.41, 5.74) is -1.01. The van der Waals surface area contributed by atoms with E-state index < -0.39 is 44.0 Å². The first-order valence-electron chi connectivity index (χ1n) is 6.28. The van der Waals surface area contributed by atoms with Crippen LogP contribution in [0.4, 0.5) is 5.69 Å². The van der Waals surface area contributed by atoms with Crippen molar-refractivity contribution in [2.45, 2.75) is 4.90 Å². The summed E-state index contributed by atoms with van der Waals surface area (Å²) in [7, 11) is -4.89. The maximum atomic E-state index is 12.2. The molecule has 5 N–H and O–H groups in total. The molecule has 0 spiro atoms. The minimum Gasteiger partial charge on any atom is -0.508 e. The van der Waals surface area contributed by atoms with E-state index in [1.165, 1.54) is 24.3 Å². The van der Waals surface area contributed by atoms with Crippen LogP contribution in [0.2, 0.25) is 0 Å². The fourth-order valence-electron chi connectivity index (χ4n) is 1.93. The molecular formula is C14H11NO8S. The van der Waals surface area contributed by atoms with Crippen LogP contribution in [0.1, 0.15) is 20.7 Å². The Morgan fingerprint density at radius 3 is 2.21 bits per heavy atom. The molecule has 9 nitrogen and oxygen atoms in total. The van der Waals surface area contributed by atoms with Crippen molar-refractivity contribution in [3.63, 3.8) is 0 Å². The summed E-state index contributed by atoms with van der Waals surface area (Å²) in [6, 6.07) is 6.72. The van der Waals surface area contributed by atoms with Crippen LogP contribution < -0.4 is 5.32 Å². The molecular weight excluding hydrogens is 342 g/mol. The molecule has 126 valence electrons. The van der Waals surface area contributed by atoms with Crippen LogP contribution in [0.15, 0.2) is 41.3 Å². The standard InChI is InChI=1S/C14H11NO8S/c16-7-5-9(12(17)11(6-7)24(21,22)23)13(18)15-10-4-2-1-3-8(10)14(19)20/h1-6,16-17H,(H,15,18)(H,19,20)(H,21,22,23). The lowest BCUT2D eigenvalue weighted by molar-refractivity contribution is 0.0698. The number of hydrogen-bond acceptors (Lipinski definition) is 6. The van der Waals surface area contributed by atoms with E-state index in [1.807, 2.05) is 0 Å². The second-order valence-corrected chi connectivity index (χ2v) is 6.01. The smallest absolute Gasteiger partial charge is 0.337 e. The van der Waals surface area contributed by atoms with Gasteiger partial charge in [0.05, 0.1) is 16.8 Å². The molecule has 0 unspecified atom stereocenters. The summed E-state index contributed by atoms with van der Waals surface area (Å²) < 4.78 is 31.3. The van der Waals surface area contributed by atoms with Crippen LogP contribution in [0, 0.1) is 0 Å². The Labute approximate surface area is 135 Å². The van der Waals surface area contributed by atoms with Crippen LogP contribution in [0.5, 0.6) is 11.5 Å². The Kier molecular flexibility index (Phi) is 4.44. The van der Waals surface area contributed by atoms with E-state index in [2.05, 4.69) is 5.32 Å². The molecule has 0 aliphatic rings. The molecule has 0 fully saturated rings. The predicted molar refractivity (Wildman–Crippen MR) is 80.9 cm³/mol. The van der Waals surface area contributed by atoms with Crippen LogP contribution in [-0.4, -0.2) is 40.2 Å². The lowest BCUT2D eigenvalue weighted by Crippen LogP contribution is -2.15. The van der Waals surface area contributed by atoms with Crippen LogP contribution in [0.3, 0.4) is 0 Å². The van der Waals surface area contributed by atoms with E-state index in [4.69, 9.17) is 9.66 Å². The first-order chi connectivity index (χ1) is 11.1. The van der Waals surface area contributed by atoms with Gasteiger partial charge < -0.3 is 20.6 Å². The summed E-state index contributed by atoms with van der Waals surface area (Å²) in [5.74, 6) is -4.18. The number of aromatic hydroxyl groups is 2. The van der Waals surface area contributed by atoms with E-state index in [0.717, 1.165) is 6.07 Å². The highest BCUT2D eigenvalue weighted by atomic mass is 32.2. The number of hydrogen-bond donors (Lipinski definition) is 5. The van der Waals surface area contributed by atoms with Crippen molar-refractivity contribution in [2.75, 3.05) is 5.32 Å². The van der Waals surface area contributed by atoms with Gasteiger partial charge in [0.1, 0.15) is 16.4 Å². The Hall–Kier alpha value is -3.11. The molecule has 0 radical (unpaired) electrons. The molecule has 0 saturated carbocycles. The Balaban J connectivity index is 2.49. The number of rotatable bonds is 4. The first-order valence-corrected chi connectivity index (χ1v) is 7.72. The number of carboxylic acid groups (broad SMARTS) is 1. The average molecular weight is 353 g/mol. The number of benzene rings is 2. The summed E-state index contributed by atoms with van der Waals surface area (Å²) >= 11 is 0. The van der Waals surface area contributed by atoms with Gasteiger partial charge in [0.25, 0.3) is 16.0 Å². The van der Waals surface area contributed by atoms with E-state index >= 15 is 0 Å². The molecule has 0 aliphatic carbocycles. The van der Waals surface area contributed by atoms with Crippen LogP contribution in [-0.2, 0) is 10.1 Å². The molecule has 2 aromatic carbocycles. The van der Waals surface area contributed by atoms with Crippen molar-refractivity contribution in [3.8, 4) is 11.5 Å². The van der Waals surface area contributed by atoms with Crippen molar-refractivity contribution in [1.82, 2.24) is 0 Å². The van der Waals surface area contributed by atoms with Gasteiger partial charge in [-0.3, -0.25) is 9.35 Å². The number of phenols is 2. The quantitative estimate of drug-likeness (QED) is 0.406. The molecule has 0 bridgehead atoms. The zero-order valence-corrected chi connectivity index (χ0v) is 12.6. The number of carbonyl (C=O) groups excluding carboxylic acids is 1. The van der Waals surface area contributed by atoms with Gasteiger partial charge in [-0.05, 0) is 18.2 Å². The Morgan fingerprint density at radius 2 is 1.62 bits per heavy atom. The highest BCUT2D eigenvalue weighted by molar-refractivity contribution is 7.86. The number of phenolic OH excluding ortho intramolecular Hbond substituents is 2. The van der Waals surface area contributed by atoms with E-state index in [-0.39, 0.29) is 11.3 Å². The van der Waals surface area contributed by atoms with Gasteiger partial charge in [-0.25, -0.2) is 4.79 Å². The lowest BCUT2D eigenvalue weighted by Gasteiger charge is -2.11. The minimum atomic E-state index is -4.89. The monoisotopic (exact) mass is 353 g/mol. The van der Waals surface area contributed by atoms with Gasteiger partial charge in [-0.15, -0.1) is 0 Å². The summed E-state index contributed by atoms with van der Waals surface area (Å²) in [6.45, 7) is 0. The summed E-state index contributed by atoms with van der Waals surface area (Å²) in [5, 5.41) is 30.6. The van der Waals surface area contributed by atoms with Crippen molar-refractivity contribution >= 4 is 27.7 Å². The third kappa shape index (κ3) is 3.45. The van der Waals surface area contributed by atoms with Crippen molar-refractivity contribution in [3.05, 3.63) is 47.5 Å². The number of carboxylic acids is 1. The molecule has 2 rings (SSSR count). The molecule has 2 aromatic rings. The third-order valence-corrected chi connectivity index (χ3v) is 3.85. The second-order valence-electron chi connectivity index (χ2n) is 4.62. The SMILES string of the molecule is O=C(O)c1ccccc1NC(=O)c1cc(O)cc(S(=O)(=O)O)c1O. The molecule has 0 heterocycles. The maximum Gasteiger partial charge on any atom is 0.337 e. The zero-order chi connectivity index (χ0) is 18.1. The number of carbonyl (C=O) groups is 2. The number of para-hydroxylation sites is 1. The fraction of sp³-hybridized carbons (Fsp3) is 0. The van der Waals surface area contributed by atoms with Gasteiger partial charge in [0, 0.05) is 6.07 Å². The topological polar surface area (TPSA) is 161 Å². The van der Waals surface area contributed by atoms with Gasteiger partial charge in [0.15, 0.2) is 0 Å². The predicted octanol–water partition coefficient (Wildman–Crippen LogP) is 1.29. The minimum absolute atomic E-state index is 0.105. The van der Waals surface area contributed by atoms with Gasteiger partial charge in [0.2, 0.25) is 0 Å². The first kappa shape index (κ1) is 17.2. The van der Waals surface area contributed by atoms with Crippen LogP contribution in [0.25, 0.3) is 0 Å². The summed E-state index contributed by atoms with van der Waals surface area (Å²) in [6.07, 6.45) is 0. The van der Waals surface area contributed by atoms with Gasteiger partial charge in [-0.1, -0.05) is 12.1 Å².